The summed E-state index contributed by atoms with van der Waals surface area (Å²) in [6.07, 6.45) is 6.10. The summed E-state index contributed by atoms with van der Waals surface area (Å²) in [6, 6.07) is 9.13. The third-order valence-corrected chi connectivity index (χ3v) is 8.00. The first-order valence-corrected chi connectivity index (χ1v) is 11.4. The number of nitrogens with zero attached hydrogens (tertiary/aromatic N) is 1. The van der Waals surface area contributed by atoms with Gasteiger partial charge in [0.1, 0.15) is 12.6 Å². The summed E-state index contributed by atoms with van der Waals surface area (Å²) in [6.45, 7) is 6.22. The van der Waals surface area contributed by atoms with Gasteiger partial charge in [0, 0.05) is 5.41 Å². The topological polar surface area (TPSA) is 55.8 Å². The van der Waals surface area contributed by atoms with Crippen molar-refractivity contribution in [3.05, 3.63) is 35.9 Å². The van der Waals surface area contributed by atoms with Crippen LogP contribution in [0, 0.1) is 28.6 Å². The molecule has 5 aliphatic rings. The Kier molecular flexibility index (Phi) is 4.64. The van der Waals surface area contributed by atoms with Crippen LogP contribution in [0.15, 0.2) is 30.3 Å². The minimum Gasteiger partial charge on any atom is -0.444 e. The monoisotopic (exact) mass is 411 g/mol. The molecule has 5 heteroatoms. The van der Waals surface area contributed by atoms with E-state index in [0.717, 1.165) is 23.8 Å². The molecule has 6 rings (SSSR count). The van der Waals surface area contributed by atoms with Crippen molar-refractivity contribution in [3.8, 4) is 0 Å². The van der Waals surface area contributed by atoms with Crippen LogP contribution in [0.3, 0.4) is 0 Å². The first kappa shape index (κ1) is 19.9. The van der Waals surface area contributed by atoms with Crippen LogP contribution in [0.2, 0.25) is 0 Å². The van der Waals surface area contributed by atoms with E-state index in [1.165, 1.54) is 32.1 Å². The SMILES string of the molecule is CC(C)(C)[C@H]1OC(=O)[C@H](CC23C[C@@H]4CC2C[C@@H](C4)C3)N1C(=O)OCc1ccccc1. The van der Waals surface area contributed by atoms with E-state index in [9.17, 15) is 9.59 Å². The molecule has 4 saturated carbocycles. The van der Waals surface area contributed by atoms with Crippen LogP contribution in [0.25, 0.3) is 0 Å². The molecule has 5 fully saturated rings. The van der Waals surface area contributed by atoms with Gasteiger partial charge < -0.3 is 9.47 Å². The van der Waals surface area contributed by atoms with Gasteiger partial charge in [-0.2, -0.15) is 0 Å². The summed E-state index contributed by atoms with van der Waals surface area (Å²) >= 11 is 0. The molecule has 1 heterocycles. The summed E-state index contributed by atoms with van der Waals surface area (Å²) in [5.74, 6) is 2.09. The highest BCUT2D eigenvalue weighted by Crippen LogP contribution is 2.67. The van der Waals surface area contributed by atoms with Crippen molar-refractivity contribution in [1.29, 1.82) is 0 Å². The number of carbonyl (C=O) groups is 2. The zero-order valence-corrected chi connectivity index (χ0v) is 18.3. The maximum absolute atomic E-state index is 13.2. The third-order valence-electron chi connectivity index (χ3n) is 8.00. The van der Waals surface area contributed by atoms with Crippen LogP contribution in [0.1, 0.15) is 64.9 Å². The average molecular weight is 412 g/mol. The van der Waals surface area contributed by atoms with Gasteiger partial charge in [-0.25, -0.2) is 9.59 Å². The van der Waals surface area contributed by atoms with E-state index >= 15 is 0 Å². The van der Waals surface area contributed by atoms with Crippen LogP contribution in [0.5, 0.6) is 0 Å². The predicted molar refractivity (Wildman–Crippen MR) is 112 cm³/mol. The smallest absolute Gasteiger partial charge is 0.413 e. The number of benzene rings is 1. The van der Waals surface area contributed by atoms with Crippen LogP contribution >= 0.6 is 0 Å². The predicted octanol–water partition coefficient (Wildman–Crippen LogP) is 5.14. The molecular weight excluding hydrogens is 378 g/mol. The molecular formula is C25H33NO4. The fourth-order valence-corrected chi connectivity index (χ4v) is 7.00. The summed E-state index contributed by atoms with van der Waals surface area (Å²) < 4.78 is 11.5. The lowest BCUT2D eigenvalue weighted by Gasteiger charge is -2.38. The minimum atomic E-state index is -0.592. The molecule has 6 atom stereocenters. The van der Waals surface area contributed by atoms with E-state index in [0.29, 0.717) is 5.92 Å². The Hall–Kier alpha value is -2.04. The van der Waals surface area contributed by atoms with Gasteiger partial charge in [-0.15, -0.1) is 0 Å². The van der Waals surface area contributed by atoms with Crippen molar-refractivity contribution in [3.63, 3.8) is 0 Å². The number of hydrogen-bond acceptors (Lipinski definition) is 4. The van der Waals surface area contributed by atoms with Gasteiger partial charge in [-0.1, -0.05) is 51.1 Å². The van der Waals surface area contributed by atoms with E-state index in [1.54, 1.807) is 4.90 Å². The van der Waals surface area contributed by atoms with Gasteiger partial charge in [0.05, 0.1) is 0 Å². The Balaban J connectivity index is 1.37. The molecule has 5 nitrogen and oxygen atoms in total. The Morgan fingerprint density at radius 1 is 1.13 bits per heavy atom. The van der Waals surface area contributed by atoms with Crippen molar-refractivity contribution in [1.82, 2.24) is 4.90 Å². The highest BCUT2D eigenvalue weighted by molar-refractivity contribution is 5.84. The van der Waals surface area contributed by atoms with Crippen molar-refractivity contribution >= 4 is 12.1 Å². The largest absolute Gasteiger partial charge is 0.444 e. The fraction of sp³-hybridized carbons (Fsp3) is 0.680. The van der Waals surface area contributed by atoms with E-state index in [4.69, 9.17) is 9.47 Å². The molecule has 4 aliphatic carbocycles. The second-order valence-corrected chi connectivity index (χ2v) is 11.2. The highest BCUT2D eigenvalue weighted by Gasteiger charge is 2.61. The Morgan fingerprint density at radius 2 is 1.80 bits per heavy atom. The standard InChI is InChI=1S/C25H33NO4/c1-24(2,3)22-26(23(28)29-15-16-7-5-4-6-8-16)20(21(27)30-22)14-25-12-17-9-18(13-25)11-19(25)10-17/h4-8,17-20,22H,9-15H2,1-3H3/t17-,18+,19?,20-,22+,25?/m0/s1. The third kappa shape index (κ3) is 3.30. The summed E-state index contributed by atoms with van der Waals surface area (Å²) in [5.41, 5.74) is 0.773. The Morgan fingerprint density at radius 3 is 2.43 bits per heavy atom. The molecule has 1 aromatic carbocycles. The Bertz CT molecular complexity index is 815. The van der Waals surface area contributed by atoms with E-state index in [2.05, 4.69) is 0 Å². The lowest BCUT2D eigenvalue weighted by atomic mass is 9.71. The quantitative estimate of drug-likeness (QED) is 0.644. The van der Waals surface area contributed by atoms with Gasteiger partial charge in [0.15, 0.2) is 6.23 Å². The molecule has 4 bridgehead atoms. The highest BCUT2D eigenvalue weighted by atomic mass is 16.6. The number of amides is 1. The molecule has 0 spiro atoms. The lowest BCUT2D eigenvalue weighted by molar-refractivity contribution is -0.147. The van der Waals surface area contributed by atoms with Gasteiger partial charge in [0.2, 0.25) is 0 Å². The van der Waals surface area contributed by atoms with Gasteiger partial charge >= 0.3 is 12.1 Å². The van der Waals surface area contributed by atoms with Crippen LogP contribution < -0.4 is 0 Å². The molecule has 30 heavy (non-hydrogen) atoms. The van der Waals surface area contributed by atoms with Gasteiger partial charge in [-0.05, 0) is 67.3 Å². The van der Waals surface area contributed by atoms with Crippen molar-refractivity contribution in [2.24, 2.45) is 28.6 Å². The molecule has 1 saturated heterocycles. The van der Waals surface area contributed by atoms with E-state index in [1.807, 2.05) is 51.1 Å². The first-order valence-electron chi connectivity index (χ1n) is 11.4. The zero-order chi connectivity index (χ0) is 21.1. The lowest BCUT2D eigenvalue weighted by Crippen LogP contribution is -2.49. The second kappa shape index (κ2) is 7.00. The molecule has 0 radical (unpaired) electrons. The normalized spacial score (nSPS) is 37.0. The maximum atomic E-state index is 13.2. The van der Waals surface area contributed by atoms with E-state index in [-0.39, 0.29) is 23.4 Å². The number of carbonyl (C=O) groups excluding carboxylic acids is 2. The molecule has 0 N–H and O–H groups in total. The van der Waals surface area contributed by atoms with Crippen LogP contribution in [0.4, 0.5) is 4.79 Å². The molecule has 1 aromatic rings. The van der Waals surface area contributed by atoms with E-state index < -0.39 is 18.4 Å². The average Bonchev–Trinajstić information content (AvgIpc) is 3.23. The first-order chi connectivity index (χ1) is 14.2. The number of rotatable bonds is 4. The minimum absolute atomic E-state index is 0.200. The summed E-state index contributed by atoms with van der Waals surface area (Å²) in [7, 11) is 0. The molecule has 2 unspecified atom stereocenters. The number of esters is 1. The molecule has 162 valence electrons. The number of hydrogen-bond donors (Lipinski definition) is 0. The zero-order valence-electron chi connectivity index (χ0n) is 18.3. The van der Waals surface area contributed by atoms with Gasteiger partial charge in [0.25, 0.3) is 0 Å². The summed E-state index contributed by atoms with van der Waals surface area (Å²) in [4.78, 5) is 27.9. The molecule has 1 aliphatic heterocycles. The second-order valence-electron chi connectivity index (χ2n) is 11.2. The fourth-order valence-electron chi connectivity index (χ4n) is 7.00. The van der Waals surface area contributed by atoms with Gasteiger partial charge in [-0.3, -0.25) is 4.90 Å². The number of cyclic esters (lactones) is 1. The Labute approximate surface area is 179 Å². The molecule has 1 amide bonds. The summed E-state index contributed by atoms with van der Waals surface area (Å²) in [5, 5.41) is 0. The number of ether oxygens (including phenoxy) is 2. The van der Waals surface area contributed by atoms with Crippen LogP contribution in [-0.4, -0.2) is 29.2 Å². The maximum Gasteiger partial charge on any atom is 0.413 e. The van der Waals surface area contributed by atoms with Crippen molar-refractivity contribution in [2.45, 2.75) is 78.2 Å². The van der Waals surface area contributed by atoms with Crippen molar-refractivity contribution < 1.29 is 19.1 Å². The van der Waals surface area contributed by atoms with Crippen LogP contribution in [-0.2, 0) is 20.9 Å². The molecule has 0 aromatic heterocycles. The van der Waals surface area contributed by atoms with Crippen molar-refractivity contribution in [2.75, 3.05) is 0 Å².